The molecule has 0 bridgehead atoms. The molecule has 0 fully saturated rings. The first-order chi connectivity index (χ1) is 23.2. The van der Waals surface area contributed by atoms with Gasteiger partial charge in [-0.3, -0.25) is 9.59 Å². The molecule has 0 unspecified atom stereocenters. The van der Waals surface area contributed by atoms with E-state index in [1.807, 2.05) is 86.6 Å². The van der Waals surface area contributed by atoms with Crippen molar-refractivity contribution in [3.05, 3.63) is 131 Å². The quantitative estimate of drug-likeness (QED) is 0.0983. The number of amides is 2. The molecule has 12 heteroatoms. The number of hydrogen-bond donors (Lipinski definition) is 4. The minimum absolute atomic E-state index is 0. The number of nitrogens with one attached hydrogen (secondary N) is 2. The third kappa shape index (κ3) is 9.52. The van der Waals surface area contributed by atoms with Crippen molar-refractivity contribution in [3.8, 4) is 11.5 Å². The molecule has 0 aromatic heterocycles. The first kappa shape index (κ1) is 40.2. The topological polar surface area (TPSA) is 148 Å². The molecule has 0 atom stereocenters. The van der Waals surface area contributed by atoms with E-state index >= 15 is 0 Å². The number of nitrogens with zero attached hydrogens (tertiary/aromatic N) is 4. The zero-order chi connectivity index (χ0) is 34.2. The zero-order valence-corrected chi connectivity index (χ0v) is 33.6. The van der Waals surface area contributed by atoms with Crippen molar-refractivity contribution in [2.24, 2.45) is 20.5 Å². The van der Waals surface area contributed by atoms with E-state index in [0.29, 0.717) is 11.4 Å². The number of hydrogen-bond acceptors (Lipinski definition) is 8. The fourth-order valence-electron chi connectivity index (χ4n) is 4.90. The van der Waals surface area contributed by atoms with Crippen molar-refractivity contribution >= 4 is 56.1 Å². The predicted octanol–water partition coefficient (Wildman–Crippen LogP) is 8.85. The van der Waals surface area contributed by atoms with Gasteiger partial charge in [0, 0.05) is 90.3 Å². The molecule has 2 amide bonds. The minimum atomic E-state index is -0.378. The van der Waals surface area contributed by atoms with E-state index in [1.54, 1.807) is 24.3 Å². The molecule has 0 aliphatic rings. The van der Waals surface area contributed by atoms with Crippen LogP contribution < -0.4 is 10.6 Å². The Labute approximate surface area is 340 Å². The molecule has 0 spiro atoms. The number of aryl methyl sites for hydroxylation is 2. The number of aromatic hydroxyl groups is 2. The third-order valence-electron chi connectivity index (χ3n) is 7.33. The molecule has 0 aliphatic carbocycles. The Hall–Kier alpha value is -4.21. The van der Waals surface area contributed by atoms with Crippen molar-refractivity contribution in [1.82, 2.24) is 10.6 Å². The number of carbonyl (C=O) groups excluding carboxylic acids is 2. The number of benzene rings is 6. The summed E-state index contributed by atoms with van der Waals surface area (Å²) in [6.07, 6.45) is 0. The Morgan fingerprint density at radius 1 is 0.580 bits per heavy atom. The Bertz CT molecular complexity index is 2070. The van der Waals surface area contributed by atoms with Crippen LogP contribution in [0, 0.1) is 26.0 Å². The predicted molar refractivity (Wildman–Crippen MR) is 186 cm³/mol. The van der Waals surface area contributed by atoms with Crippen LogP contribution in [0.25, 0.3) is 21.5 Å². The van der Waals surface area contributed by atoms with E-state index in [4.69, 9.17) is 0 Å². The summed E-state index contributed by atoms with van der Waals surface area (Å²) in [6, 6.07) is 35.1. The van der Waals surface area contributed by atoms with Gasteiger partial charge < -0.3 is 20.8 Å². The van der Waals surface area contributed by atoms with E-state index in [9.17, 15) is 19.8 Å². The van der Waals surface area contributed by atoms with E-state index < -0.39 is 0 Å². The van der Waals surface area contributed by atoms with Crippen LogP contribution in [0.1, 0.15) is 31.8 Å². The standard InChI is InChI=1S/2C19H16N3O2.2Y/c2*1-12-6-5-8-14(10-12)21-22-17-15-9-4-3-7-13(15)11-16(18(17)23)19(24)20-2;;/h2*3-7,9-11,23H,1-2H3,(H,20,24);;/q2*-1;;. The van der Waals surface area contributed by atoms with Crippen molar-refractivity contribution < 1.29 is 85.2 Å². The van der Waals surface area contributed by atoms with Gasteiger partial charge in [-0.05, 0) is 34.3 Å². The molecule has 2 radical (unpaired) electrons. The Morgan fingerprint density at radius 2 is 0.960 bits per heavy atom. The van der Waals surface area contributed by atoms with E-state index in [1.165, 1.54) is 14.1 Å². The van der Waals surface area contributed by atoms with Gasteiger partial charge >= 0.3 is 0 Å². The van der Waals surface area contributed by atoms with Crippen LogP contribution >= 0.6 is 0 Å². The van der Waals surface area contributed by atoms with Crippen LogP contribution in [-0.2, 0) is 65.4 Å². The summed E-state index contributed by atoms with van der Waals surface area (Å²) >= 11 is 0. The van der Waals surface area contributed by atoms with Crippen LogP contribution in [0.3, 0.4) is 0 Å². The van der Waals surface area contributed by atoms with E-state index in [2.05, 4.69) is 43.2 Å². The molecule has 4 N–H and O–H groups in total. The molecule has 0 saturated heterocycles. The number of carbonyl (C=O) groups is 2. The molecule has 0 saturated carbocycles. The molecular formula is C38H32N6O4Y2-2. The van der Waals surface area contributed by atoms with Gasteiger partial charge in [-0.25, -0.2) is 0 Å². The van der Waals surface area contributed by atoms with Gasteiger partial charge in [-0.15, -0.1) is 22.4 Å². The van der Waals surface area contributed by atoms with Gasteiger partial charge in [0.2, 0.25) is 0 Å². The summed E-state index contributed by atoms with van der Waals surface area (Å²) in [6.45, 7) is 3.90. The second-order valence-corrected chi connectivity index (χ2v) is 10.7. The number of azo groups is 2. The second-order valence-electron chi connectivity index (χ2n) is 10.7. The largest absolute Gasteiger partial charge is 0.505 e. The maximum absolute atomic E-state index is 12.0. The molecule has 6 aromatic rings. The van der Waals surface area contributed by atoms with Gasteiger partial charge in [0.05, 0.1) is 11.1 Å². The number of rotatable bonds is 6. The van der Waals surface area contributed by atoms with Crippen LogP contribution in [0.5, 0.6) is 11.5 Å². The molecule has 0 aliphatic heterocycles. The summed E-state index contributed by atoms with van der Waals surface area (Å²) in [5, 5.41) is 45.8. The molecular weight excluding hydrogens is 782 g/mol. The monoisotopic (exact) mass is 814 g/mol. The minimum Gasteiger partial charge on any atom is -0.505 e. The Kier molecular flexibility index (Phi) is 15.0. The molecule has 246 valence electrons. The fourth-order valence-corrected chi connectivity index (χ4v) is 4.90. The first-order valence-corrected chi connectivity index (χ1v) is 14.9. The summed E-state index contributed by atoms with van der Waals surface area (Å²) in [5.41, 5.74) is 4.05. The number of fused-ring (bicyclic) bond motifs is 2. The maximum Gasteiger partial charge on any atom is 0.254 e. The van der Waals surface area contributed by atoms with Crippen molar-refractivity contribution in [2.75, 3.05) is 14.1 Å². The molecule has 10 nitrogen and oxygen atoms in total. The molecule has 0 heterocycles. The molecule has 6 rings (SSSR count). The maximum atomic E-state index is 12.0. The third-order valence-corrected chi connectivity index (χ3v) is 7.33. The van der Waals surface area contributed by atoms with Gasteiger partial charge in [-0.1, -0.05) is 62.4 Å². The number of phenolic OH excluding ortho intramolecular Hbond substituents is 2. The zero-order valence-electron chi connectivity index (χ0n) is 27.9. The van der Waals surface area contributed by atoms with E-state index in [0.717, 1.165) is 32.7 Å². The van der Waals surface area contributed by atoms with Gasteiger partial charge in [0.1, 0.15) is 11.4 Å². The summed E-state index contributed by atoms with van der Waals surface area (Å²) < 4.78 is 0. The normalized spacial score (nSPS) is 10.6. The molecule has 6 aromatic carbocycles. The first-order valence-electron chi connectivity index (χ1n) is 14.9. The van der Waals surface area contributed by atoms with Crippen molar-refractivity contribution in [3.63, 3.8) is 0 Å². The van der Waals surface area contributed by atoms with Crippen LogP contribution in [-0.4, -0.2) is 36.1 Å². The second kappa shape index (κ2) is 18.7. The summed E-state index contributed by atoms with van der Waals surface area (Å²) in [4.78, 5) is 24.0. The Balaban J connectivity index is 0.000000260. The van der Waals surface area contributed by atoms with Crippen molar-refractivity contribution in [2.45, 2.75) is 13.8 Å². The van der Waals surface area contributed by atoms with E-state index in [-0.39, 0.29) is 111 Å². The SMILES string of the molecule is CNC(=O)c1cc2ccccc2c(N=Nc2[c-]ccc(C)c2)c1O.CNC(=O)c1cc2ccccc2c(N=Nc2[c-]ccc(C)c2)c1O.[Y].[Y]. The van der Waals surface area contributed by atoms with Gasteiger partial charge in [0.25, 0.3) is 11.8 Å². The average Bonchev–Trinajstić information content (AvgIpc) is 3.10. The summed E-state index contributed by atoms with van der Waals surface area (Å²) in [7, 11) is 3.03. The van der Waals surface area contributed by atoms with Gasteiger partial charge in [-0.2, -0.15) is 57.8 Å². The van der Waals surface area contributed by atoms with Crippen LogP contribution in [0.2, 0.25) is 0 Å². The van der Waals surface area contributed by atoms with Crippen LogP contribution in [0.4, 0.5) is 22.7 Å². The average molecular weight is 815 g/mol. The van der Waals surface area contributed by atoms with Gasteiger partial charge in [0.15, 0.2) is 11.5 Å². The van der Waals surface area contributed by atoms with Crippen molar-refractivity contribution in [1.29, 1.82) is 0 Å². The fraction of sp³-hybridized carbons (Fsp3) is 0.105. The summed E-state index contributed by atoms with van der Waals surface area (Å²) in [5.74, 6) is -1.14. The smallest absolute Gasteiger partial charge is 0.254 e. The Morgan fingerprint density at radius 3 is 1.32 bits per heavy atom. The molecule has 50 heavy (non-hydrogen) atoms. The van der Waals surface area contributed by atoms with Crippen LogP contribution in [0.15, 0.2) is 118 Å². The number of phenols is 2.